The molecule has 0 saturated carbocycles. The fraction of sp³-hybridized carbons (Fsp3) is 0.533. The molecular weight excluding hydrogens is 259 g/mol. The number of ether oxygens (including phenoxy) is 1. The maximum Gasteiger partial charge on any atom is 0.239 e. The number of hydrogen-bond acceptors (Lipinski definition) is 3. The number of hydrogen-bond donors (Lipinski definition) is 1. The van der Waals surface area contributed by atoms with E-state index in [1.54, 1.807) is 24.1 Å². The number of carbonyl (C=O) groups excluding carboxylic acids is 1. The minimum Gasteiger partial charge on any atom is -0.492 e. The van der Waals surface area contributed by atoms with E-state index in [1.807, 2.05) is 13.8 Å². The molecule has 1 aromatic carbocycles. The molecule has 5 heteroatoms. The lowest BCUT2D eigenvalue weighted by Crippen LogP contribution is -2.46. The highest BCUT2D eigenvalue weighted by molar-refractivity contribution is 5.81. The van der Waals surface area contributed by atoms with Gasteiger partial charge in [0.05, 0.1) is 12.6 Å². The number of halogens is 1. The van der Waals surface area contributed by atoms with Crippen molar-refractivity contribution in [1.29, 1.82) is 0 Å². The molecule has 0 saturated heterocycles. The van der Waals surface area contributed by atoms with Crippen LogP contribution in [0.5, 0.6) is 5.75 Å². The summed E-state index contributed by atoms with van der Waals surface area (Å²) >= 11 is 0. The smallest absolute Gasteiger partial charge is 0.239 e. The lowest BCUT2D eigenvalue weighted by atomic mass is 9.99. The molecule has 0 aromatic heterocycles. The molecule has 20 heavy (non-hydrogen) atoms. The van der Waals surface area contributed by atoms with E-state index in [-0.39, 0.29) is 17.6 Å². The van der Waals surface area contributed by atoms with Crippen molar-refractivity contribution in [3.05, 3.63) is 30.1 Å². The Hall–Kier alpha value is -1.62. The van der Waals surface area contributed by atoms with E-state index in [2.05, 4.69) is 0 Å². The fourth-order valence-corrected chi connectivity index (χ4v) is 1.69. The quantitative estimate of drug-likeness (QED) is 0.832. The van der Waals surface area contributed by atoms with Crippen LogP contribution >= 0.6 is 0 Å². The number of rotatable bonds is 7. The molecule has 0 bridgehead atoms. The summed E-state index contributed by atoms with van der Waals surface area (Å²) in [6.45, 7) is 4.77. The molecule has 0 aliphatic rings. The lowest BCUT2D eigenvalue weighted by molar-refractivity contribution is -0.132. The van der Waals surface area contributed by atoms with Crippen LogP contribution in [-0.2, 0) is 4.79 Å². The van der Waals surface area contributed by atoms with Gasteiger partial charge in [-0.15, -0.1) is 0 Å². The third-order valence-corrected chi connectivity index (χ3v) is 3.43. The van der Waals surface area contributed by atoms with E-state index < -0.39 is 6.04 Å². The van der Waals surface area contributed by atoms with E-state index in [1.165, 1.54) is 12.1 Å². The summed E-state index contributed by atoms with van der Waals surface area (Å²) in [7, 11) is 1.71. The first-order valence-electron chi connectivity index (χ1n) is 6.84. The molecule has 1 rings (SSSR count). The normalized spacial score (nSPS) is 13.7. The molecule has 0 aliphatic carbocycles. The van der Waals surface area contributed by atoms with E-state index in [9.17, 15) is 9.18 Å². The molecular formula is C15H23FN2O2. The second kappa shape index (κ2) is 7.85. The van der Waals surface area contributed by atoms with Crippen molar-refractivity contribution in [3.63, 3.8) is 0 Å². The Kier molecular flexibility index (Phi) is 6.45. The van der Waals surface area contributed by atoms with Gasteiger partial charge in [-0.2, -0.15) is 0 Å². The van der Waals surface area contributed by atoms with Crippen LogP contribution in [0.4, 0.5) is 4.39 Å². The summed E-state index contributed by atoms with van der Waals surface area (Å²) in [5, 5.41) is 0. The number of likely N-dealkylation sites (N-methyl/N-ethyl adjacent to an activating group) is 1. The SMILES string of the molecule is CCC(C)[C@H](N)C(=O)N(C)CCOc1ccc(F)cc1. The number of nitrogens with zero attached hydrogens (tertiary/aromatic N) is 1. The topological polar surface area (TPSA) is 55.6 Å². The molecule has 1 amide bonds. The first-order chi connectivity index (χ1) is 9.45. The van der Waals surface area contributed by atoms with Crippen molar-refractivity contribution in [2.24, 2.45) is 11.7 Å². The highest BCUT2D eigenvalue weighted by Crippen LogP contribution is 2.11. The van der Waals surface area contributed by atoms with Crippen molar-refractivity contribution < 1.29 is 13.9 Å². The zero-order valence-electron chi connectivity index (χ0n) is 12.3. The highest BCUT2D eigenvalue weighted by Gasteiger charge is 2.22. The van der Waals surface area contributed by atoms with Gasteiger partial charge in [0.2, 0.25) is 5.91 Å². The fourth-order valence-electron chi connectivity index (χ4n) is 1.69. The van der Waals surface area contributed by atoms with Crippen LogP contribution in [0.2, 0.25) is 0 Å². The van der Waals surface area contributed by atoms with E-state index in [4.69, 9.17) is 10.5 Å². The summed E-state index contributed by atoms with van der Waals surface area (Å²) in [5.74, 6) is 0.354. The summed E-state index contributed by atoms with van der Waals surface area (Å²) in [4.78, 5) is 13.6. The summed E-state index contributed by atoms with van der Waals surface area (Å²) in [6.07, 6.45) is 0.868. The monoisotopic (exact) mass is 282 g/mol. The van der Waals surface area contributed by atoms with Gasteiger partial charge in [-0.1, -0.05) is 20.3 Å². The third-order valence-electron chi connectivity index (χ3n) is 3.43. The first kappa shape index (κ1) is 16.4. The Morgan fingerprint density at radius 1 is 1.40 bits per heavy atom. The van der Waals surface area contributed by atoms with Crippen molar-refractivity contribution >= 4 is 5.91 Å². The van der Waals surface area contributed by atoms with E-state index >= 15 is 0 Å². The summed E-state index contributed by atoms with van der Waals surface area (Å²) in [6, 6.07) is 5.31. The van der Waals surface area contributed by atoms with Gasteiger partial charge in [-0.25, -0.2) is 4.39 Å². The molecule has 2 atom stereocenters. The average Bonchev–Trinajstić information content (AvgIpc) is 2.46. The Morgan fingerprint density at radius 2 is 2.00 bits per heavy atom. The molecule has 0 spiro atoms. The van der Waals surface area contributed by atoms with Gasteiger partial charge in [0, 0.05) is 7.05 Å². The van der Waals surface area contributed by atoms with Crippen molar-refractivity contribution in [3.8, 4) is 5.75 Å². The van der Waals surface area contributed by atoms with Crippen LogP contribution in [0.3, 0.4) is 0 Å². The molecule has 0 fully saturated rings. The van der Waals surface area contributed by atoms with Crippen molar-refractivity contribution in [2.75, 3.05) is 20.2 Å². The van der Waals surface area contributed by atoms with Gasteiger partial charge in [0.25, 0.3) is 0 Å². The minimum absolute atomic E-state index is 0.0814. The Morgan fingerprint density at radius 3 is 2.55 bits per heavy atom. The van der Waals surface area contributed by atoms with Gasteiger partial charge >= 0.3 is 0 Å². The van der Waals surface area contributed by atoms with Crippen LogP contribution in [0.25, 0.3) is 0 Å². The summed E-state index contributed by atoms with van der Waals surface area (Å²) in [5.41, 5.74) is 5.90. The number of carbonyl (C=O) groups is 1. The van der Waals surface area contributed by atoms with Crippen LogP contribution in [0.15, 0.2) is 24.3 Å². The van der Waals surface area contributed by atoms with Gasteiger partial charge in [0.1, 0.15) is 18.2 Å². The highest BCUT2D eigenvalue weighted by atomic mass is 19.1. The van der Waals surface area contributed by atoms with Crippen LogP contribution in [-0.4, -0.2) is 37.0 Å². The van der Waals surface area contributed by atoms with Gasteiger partial charge in [-0.3, -0.25) is 4.79 Å². The van der Waals surface area contributed by atoms with Gasteiger partial charge in [0.15, 0.2) is 0 Å². The minimum atomic E-state index is -0.476. The van der Waals surface area contributed by atoms with Gasteiger partial charge in [-0.05, 0) is 30.2 Å². The predicted molar refractivity (Wildman–Crippen MR) is 77.0 cm³/mol. The van der Waals surface area contributed by atoms with Crippen LogP contribution in [0.1, 0.15) is 20.3 Å². The summed E-state index contributed by atoms with van der Waals surface area (Å²) < 4.78 is 18.2. The maximum atomic E-state index is 12.7. The molecule has 0 radical (unpaired) electrons. The third kappa shape index (κ3) is 4.81. The van der Waals surface area contributed by atoms with Crippen molar-refractivity contribution in [2.45, 2.75) is 26.3 Å². The molecule has 1 unspecified atom stereocenters. The Balaban J connectivity index is 2.37. The largest absolute Gasteiger partial charge is 0.492 e. The lowest BCUT2D eigenvalue weighted by Gasteiger charge is -2.24. The molecule has 0 aliphatic heterocycles. The first-order valence-corrected chi connectivity index (χ1v) is 6.84. The molecule has 4 nitrogen and oxygen atoms in total. The standard InChI is InChI=1S/C15H23FN2O2/c1-4-11(2)14(17)15(19)18(3)9-10-20-13-7-5-12(16)6-8-13/h5-8,11,14H,4,9-10,17H2,1-3H3/t11?,14-/m0/s1. The molecule has 112 valence electrons. The predicted octanol–water partition coefficient (Wildman–Crippen LogP) is 2.04. The van der Waals surface area contributed by atoms with Crippen LogP contribution < -0.4 is 10.5 Å². The zero-order valence-corrected chi connectivity index (χ0v) is 12.3. The average molecular weight is 282 g/mol. The van der Waals surface area contributed by atoms with E-state index in [0.29, 0.717) is 18.9 Å². The molecule has 2 N–H and O–H groups in total. The number of benzene rings is 1. The number of amides is 1. The molecule has 1 aromatic rings. The van der Waals surface area contributed by atoms with E-state index in [0.717, 1.165) is 6.42 Å². The van der Waals surface area contributed by atoms with Gasteiger partial charge < -0.3 is 15.4 Å². The zero-order chi connectivity index (χ0) is 15.1. The van der Waals surface area contributed by atoms with Crippen LogP contribution in [0, 0.1) is 11.7 Å². The Bertz CT molecular complexity index is 422. The molecule has 0 heterocycles. The number of nitrogens with two attached hydrogens (primary N) is 1. The second-order valence-corrected chi connectivity index (χ2v) is 4.97. The Labute approximate surface area is 119 Å². The maximum absolute atomic E-state index is 12.7. The van der Waals surface area contributed by atoms with Crippen molar-refractivity contribution in [1.82, 2.24) is 4.90 Å². The second-order valence-electron chi connectivity index (χ2n) is 4.97.